The molecular formula is C39H55N3O4. The van der Waals surface area contributed by atoms with Crippen LogP contribution in [0.4, 0.5) is 0 Å². The molecule has 1 heterocycles. The fourth-order valence-corrected chi connectivity index (χ4v) is 7.07. The second-order valence-electron chi connectivity index (χ2n) is 13.4. The third-order valence-electron chi connectivity index (χ3n) is 9.87. The second kappa shape index (κ2) is 16.9. The molecule has 1 unspecified atom stereocenters. The lowest BCUT2D eigenvalue weighted by atomic mass is 9.75. The van der Waals surface area contributed by atoms with Crippen molar-refractivity contribution >= 4 is 5.91 Å². The summed E-state index contributed by atoms with van der Waals surface area (Å²) in [6.07, 6.45) is 9.58. The lowest BCUT2D eigenvalue weighted by molar-refractivity contribution is 0.0950. The minimum Gasteiger partial charge on any atom is -0.491 e. The van der Waals surface area contributed by atoms with E-state index in [0.29, 0.717) is 42.2 Å². The van der Waals surface area contributed by atoms with Crippen LogP contribution in [0.25, 0.3) is 11.1 Å². The number of hydrogen-bond acceptors (Lipinski definition) is 5. The zero-order valence-corrected chi connectivity index (χ0v) is 29.1. The monoisotopic (exact) mass is 629 g/mol. The van der Waals surface area contributed by atoms with Gasteiger partial charge >= 0.3 is 0 Å². The Balaban J connectivity index is 1.68. The highest BCUT2D eigenvalue weighted by Crippen LogP contribution is 2.40. The highest BCUT2D eigenvalue weighted by molar-refractivity contribution is 5.97. The standard InChI is InChI=1S/C39H55N3O4/c1-8-9-10-31(22-29-11-15-33(16-12-29)42(5)6)35-23-32(30-13-17-34(18-14-30)46-20-19-45-7)24-36(28(35)4)38(43)40-25-37-26(2)21-27(3)41-39(37)44/h13-14,17-18,21,23-24,29,31,33H,8-12,15-16,19-20,22,25H2,1-7H3,(H,40,43)(H,41,44). The molecule has 0 bridgehead atoms. The first kappa shape index (κ1) is 35.4. The number of unbranched alkanes of at least 4 members (excludes halogenated alkanes) is 1. The van der Waals surface area contributed by atoms with E-state index in [2.05, 4.69) is 61.3 Å². The summed E-state index contributed by atoms with van der Waals surface area (Å²) in [6.45, 7) is 9.36. The summed E-state index contributed by atoms with van der Waals surface area (Å²) in [6, 6.07) is 15.1. The molecular weight excluding hydrogens is 574 g/mol. The number of benzene rings is 2. The molecule has 250 valence electrons. The van der Waals surface area contributed by atoms with Crippen LogP contribution in [0.3, 0.4) is 0 Å². The van der Waals surface area contributed by atoms with Gasteiger partial charge in [0.15, 0.2) is 0 Å². The quantitative estimate of drug-likeness (QED) is 0.168. The van der Waals surface area contributed by atoms with Crippen LogP contribution in [-0.2, 0) is 11.3 Å². The van der Waals surface area contributed by atoms with Crippen LogP contribution in [0.5, 0.6) is 5.75 Å². The minimum absolute atomic E-state index is 0.152. The fourth-order valence-electron chi connectivity index (χ4n) is 7.07. The number of ether oxygens (including phenoxy) is 2. The molecule has 1 amide bonds. The number of pyridine rings is 1. The van der Waals surface area contributed by atoms with Crippen LogP contribution >= 0.6 is 0 Å². The zero-order chi connectivity index (χ0) is 33.2. The average Bonchev–Trinajstić information content (AvgIpc) is 3.03. The van der Waals surface area contributed by atoms with Crippen molar-refractivity contribution in [2.24, 2.45) is 5.92 Å². The van der Waals surface area contributed by atoms with E-state index in [4.69, 9.17) is 9.47 Å². The molecule has 2 N–H and O–H groups in total. The van der Waals surface area contributed by atoms with Crippen molar-refractivity contribution < 1.29 is 14.3 Å². The van der Waals surface area contributed by atoms with E-state index in [1.54, 1.807) is 7.11 Å². The van der Waals surface area contributed by atoms with Crippen molar-refractivity contribution in [1.29, 1.82) is 0 Å². The maximum absolute atomic E-state index is 13.9. The van der Waals surface area contributed by atoms with Crippen molar-refractivity contribution in [3.63, 3.8) is 0 Å². The van der Waals surface area contributed by atoms with Crippen LogP contribution in [-0.4, -0.2) is 56.3 Å². The lowest BCUT2D eigenvalue weighted by Crippen LogP contribution is -2.32. The predicted octanol–water partition coefficient (Wildman–Crippen LogP) is 7.71. The fraction of sp³-hybridized carbons (Fsp3) is 0.538. The van der Waals surface area contributed by atoms with E-state index in [1.807, 2.05) is 38.1 Å². The molecule has 1 atom stereocenters. The Hall–Kier alpha value is -3.42. The Morgan fingerprint density at radius 2 is 1.72 bits per heavy atom. The highest BCUT2D eigenvalue weighted by Gasteiger charge is 2.27. The van der Waals surface area contributed by atoms with Gasteiger partial charge in [0.2, 0.25) is 0 Å². The minimum atomic E-state index is -0.153. The first-order chi connectivity index (χ1) is 22.1. The molecule has 0 spiro atoms. The molecule has 46 heavy (non-hydrogen) atoms. The largest absolute Gasteiger partial charge is 0.491 e. The van der Waals surface area contributed by atoms with E-state index in [1.165, 1.54) is 31.2 Å². The van der Waals surface area contributed by atoms with Crippen molar-refractivity contribution in [3.05, 3.63) is 86.3 Å². The summed E-state index contributed by atoms with van der Waals surface area (Å²) in [5.41, 5.74) is 7.18. The van der Waals surface area contributed by atoms with E-state index in [9.17, 15) is 9.59 Å². The molecule has 3 aromatic rings. The number of H-pyrrole nitrogens is 1. The third-order valence-corrected chi connectivity index (χ3v) is 9.87. The molecule has 0 saturated heterocycles. The van der Waals surface area contributed by atoms with E-state index in [0.717, 1.165) is 59.4 Å². The van der Waals surface area contributed by atoms with Gasteiger partial charge in [-0.1, -0.05) is 38.0 Å². The highest BCUT2D eigenvalue weighted by atomic mass is 16.5. The maximum Gasteiger partial charge on any atom is 0.253 e. The molecule has 7 nitrogen and oxygen atoms in total. The van der Waals surface area contributed by atoms with Gasteiger partial charge in [0.1, 0.15) is 12.4 Å². The summed E-state index contributed by atoms with van der Waals surface area (Å²) < 4.78 is 10.9. The molecule has 4 rings (SSSR count). The predicted molar refractivity (Wildman–Crippen MR) is 188 cm³/mol. The number of aromatic nitrogens is 1. The Labute approximate surface area is 276 Å². The van der Waals surface area contributed by atoms with Crippen molar-refractivity contribution in [3.8, 4) is 16.9 Å². The molecule has 1 fully saturated rings. The first-order valence-corrected chi connectivity index (χ1v) is 17.1. The van der Waals surface area contributed by atoms with Gasteiger partial charge in [-0.15, -0.1) is 0 Å². The van der Waals surface area contributed by atoms with E-state index in [-0.39, 0.29) is 18.0 Å². The SMILES string of the molecule is CCCCC(CC1CCC(N(C)C)CC1)c1cc(-c2ccc(OCCOC)cc2)cc(C(=O)NCc2c(C)cc(C)[nH]c2=O)c1C. The lowest BCUT2D eigenvalue weighted by Gasteiger charge is -2.34. The summed E-state index contributed by atoms with van der Waals surface area (Å²) >= 11 is 0. The van der Waals surface area contributed by atoms with Gasteiger partial charge in [-0.25, -0.2) is 0 Å². The Morgan fingerprint density at radius 3 is 2.35 bits per heavy atom. The number of aryl methyl sites for hydroxylation is 2. The number of carbonyl (C=O) groups excluding carboxylic acids is 1. The Bertz CT molecular complexity index is 1490. The smallest absolute Gasteiger partial charge is 0.253 e. The Morgan fingerprint density at radius 1 is 1.00 bits per heavy atom. The normalized spacial score (nSPS) is 17.2. The zero-order valence-electron chi connectivity index (χ0n) is 29.1. The number of amides is 1. The van der Waals surface area contributed by atoms with Crippen molar-refractivity contribution in [1.82, 2.24) is 15.2 Å². The number of carbonyl (C=O) groups is 1. The van der Waals surface area contributed by atoms with Crippen LogP contribution in [0, 0.1) is 26.7 Å². The van der Waals surface area contributed by atoms with Gasteiger partial charge in [0.05, 0.1) is 6.61 Å². The molecule has 1 aliphatic rings. The topological polar surface area (TPSA) is 83.7 Å². The number of nitrogens with zero attached hydrogens (tertiary/aromatic N) is 1. The number of rotatable bonds is 15. The van der Waals surface area contributed by atoms with Crippen LogP contribution in [0.2, 0.25) is 0 Å². The van der Waals surface area contributed by atoms with E-state index < -0.39 is 0 Å². The molecule has 7 heteroatoms. The summed E-state index contributed by atoms with van der Waals surface area (Å²) in [5.74, 6) is 1.71. The van der Waals surface area contributed by atoms with Crippen LogP contribution < -0.4 is 15.6 Å². The summed E-state index contributed by atoms with van der Waals surface area (Å²) in [5, 5.41) is 3.08. The number of hydrogen-bond donors (Lipinski definition) is 2. The van der Waals surface area contributed by atoms with Gasteiger partial charge in [-0.05, 0) is 137 Å². The number of nitrogens with one attached hydrogen (secondary N) is 2. The second-order valence-corrected chi connectivity index (χ2v) is 13.4. The van der Waals surface area contributed by atoms with Gasteiger partial charge in [-0.2, -0.15) is 0 Å². The summed E-state index contributed by atoms with van der Waals surface area (Å²) in [4.78, 5) is 31.9. The molecule has 1 aromatic heterocycles. The number of aromatic amines is 1. The molecule has 1 aliphatic carbocycles. The van der Waals surface area contributed by atoms with Gasteiger partial charge in [0, 0.05) is 36.5 Å². The third kappa shape index (κ3) is 9.32. The van der Waals surface area contributed by atoms with Crippen molar-refractivity contribution in [2.45, 2.75) is 97.6 Å². The van der Waals surface area contributed by atoms with Gasteiger partial charge in [0.25, 0.3) is 11.5 Å². The van der Waals surface area contributed by atoms with E-state index >= 15 is 0 Å². The van der Waals surface area contributed by atoms with Crippen LogP contribution in [0.15, 0.2) is 47.3 Å². The van der Waals surface area contributed by atoms with Gasteiger partial charge in [-0.3, -0.25) is 9.59 Å². The first-order valence-electron chi connectivity index (χ1n) is 17.1. The maximum atomic E-state index is 13.9. The molecule has 0 aliphatic heterocycles. The average molecular weight is 630 g/mol. The van der Waals surface area contributed by atoms with Crippen molar-refractivity contribution in [2.75, 3.05) is 34.4 Å². The molecule has 1 saturated carbocycles. The summed E-state index contributed by atoms with van der Waals surface area (Å²) in [7, 11) is 6.06. The molecule has 0 radical (unpaired) electrons. The Kier molecular flexibility index (Phi) is 13.0. The van der Waals surface area contributed by atoms with Gasteiger partial charge < -0.3 is 24.7 Å². The number of methoxy groups -OCH3 is 1. The molecule has 2 aromatic carbocycles. The van der Waals surface area contributed by atoms with Crippen LogP contribution in [0.1, 0.15) is 103 Å².